The lowest BCUT2D eigenvalue weighted by Crippen LogP contribution is -2.39. The van der Waals surface area contributed by atoms with Crippen molar-refractivity contribution in [1.82, 2.24) is 14.9 Å². The maximum Gasteiger partial charge on any atom is 0.229 e. The van der Waals surface area contributed by atoms with E-state index < -0.39 is 0 Å². The molecule has 0 radical (unpaired) electrons. The number of anilines is 3. The summed E-state index contributed by atoms with van der Waals surface area (Å²) >= 11 is 6.15. The monoisotopic (exact) mass is 377 g/mol. The molecule has 0 bridgehead atoms. The quantitative estimate of drug-likeness (QED) is 0.768. The van der Waals surface area contributed by atoms with E-state index in [0.717, 1.165) is 56.5 Å². The van der Waals surface area contributed by atoms with E-state index in [2.05, 4.69) is 25.5 Å². The van der Waals surface area contributed by atoms with Gasteiger partial charge >= 0.3 is 0 Å². The number of hydrogen-bond acceptors (Lipinski definition) is 7. The molecule has 0 saturated carbocycles. The van der Waals surface area contributed by atoms with Crippen LogP contribution in [0.25, 0.3) is 0 Å². The summed E-state index contributed by atoms with van der Waals surface area (Å²) in [7, 11) is 1.61. The van der Waals surface area contributed by atoms with E-state index in [1.54, 1.807) is 19.4 Å². The second kappa shape index (κ2) is 9.02. The van der Waals surface area contributed by atoms with E-state index in [0.29, 0.717) is 16.7 Å². The SMILES string of the molecule is COc1cc(Cl)c(C)cc1Nc1nccc(NCCN2CCOCC2)n1. The highest BCUT2D eigenvalue weighted by Gasteiger charge is 2.11. The molecule has 26 heavy (non-hydrogen) atoms. The molecule has 1 saturated heterocycles. The smallest absolute Gasteiger partial charge is 0.229 e. The van der Waals surface area contributed by atoms with E-state index in [-0.39, 0.29) is 0 Å². The van der Waals surface area contributed by atoms with Crippen LogP contribution >= 0.6 is 11.6 Å². The third-order valence-electron chi connectivity index (χ3n) is 4.22. The minimum absolute atomic E-state index is 0.501. The van der Waals surface area contributed by atoms with Crippen molar-refractivity contribution in [1.29, 1.82) is 0 Å². The molecule has 140 valence electrons. The number of morpholine rings is 1. The first kappa shape index (κ1) is 18.7. The van der Waals surface area contributed by atoms with Gasteiger partial charge in [0.05, 0.1) is 26.0 Å². The molecule has 1 aliphatic rings. The Labute approximate surface area is 158 Å². The van der Waals surface area contributed by atoms with Gasteiger partial charge in [0.2, 0.25) is 5.95 Å². The van der Waals surface area contributed by atoms with Gasteiger partial charge in [0.1, 0.15) is 11.6 Å². The first-order chi connectivity index (χ1) is 12.7. The predicted octanol–water partition coefficient (Wildman–Crippen LogP) is 2.93. The highest BCUT2D eigenvalue weighted by atomic mass is 35.5. The lowest BCUT2D eigenvalue weighted by Gasteiger charge is -2.26. The van der Waals surface area contributed by atoms with Gasteiger partial charge in [-0.05, 0) is 24.6 Å². The maximum absolute atomic E-state index is 6.15. The van der Waals surface area contributed by atoms with Crippen molar-refractivity contribution < 1.29 is 9.47 Å². The number of rotatable bonds is 7. The van der Waals surface area contributed by atoms with E-state index in [1.807, 2.05) is 19.1 Å². The number of benzene rings is 1. The molecule has 0 spiro atoms. The van der Waals surface area contributed by atoms with Gasteiger partial charge in [-0.25, -0.2) is 4.98 Å². The molecule has 2 N–H and O–H groups in total. The zero-order valence-corrected chi connectivity index (χ0v) is 15.8. The molecule has 0 amide bonds. The summed E-state index contributed by atoms with van der Waals surface area (Å²) in [6.07, 6.45) is 1.72. The van der Waals surface area contributed by atoms with Crippen molar-refractivity contribution in [2.75, 3.05) is 57.1 Å². The number of ether oxygens (including phenoxy) is 2. The molecule has 2 heterocycles. The summed E-state index contributed by atoms with van der Waals surface area (Å²) in [5.74, 6) is 1.93. The van der Waals surface area contributed by atoms with Crippen LogP contribution in [0.2, 0.25) is 5.02 Å². The van der Waals surface area contributed by atoms with E-state index in [9.17, 15) is 0 Å². The van der Waals surface area contributed by atoms with Gasteiger partial charge < -0.3 is 20.1 Å². The molecule has 0 atom stereocenters. The molecule has 8 heteroatoms. The van der Waals surface area contributed by atoms with Crippen LogP contribution in [-0.2, 0) is 4.74 Å². The topological polar surface area (TPSA) is 71.5 Å². The van der Waals surface area contributed by atoms with Crippen molar-refractivity contribution in [3.8, 4) is 5.75 Å². The van der Waals surface area contributed by atoms with Gasteiger partial charge in [-0.1, -0.05) is 11.6 Å². The van der Waals surface area contributed by atoms with Crippen LogP contribution in [0.3, 0.4) is 0 Å². The third-order valence-corrected chi connectivity index (χ3v) is 4.63. The number of methoxy groups -OCH3 is 1. The Bertz CT molecular complexity index is 738. The van der Waals surface area contributed by atoms with Crippen molar-refractivity contribution in [3.05, 3.63) is 35.0 Å². The van der Waals surface area contributed by atoms with Crippen molar-refractivity contribution >= 4 is 29.1 Å². The van der Waals surface area contributed by atoms with Crippen molar-refractivity contribution in [2.24, 2.45) is 0 Å². The number of aryl methyl sites for hydroxylation is 1. The average Bonchev–Trinajstić information content (AvgIpc) is 2.66. The van der Waals surface area contributed by atoms with E-state index in [1.165, 1.54) is 0 Å². The van der Waals surface area contributed by atoms with Crippen molar-refractivity contribution in [2.45, 2.75) is 6.92 Å². The van der Waals surface area contributed by atoms with Crippen LogP contribution in [0, 0.1) is 6.92 Å². The number of nitrogens with zero attached hydrogens (tertiary/aromatic N) is 3. The molecule has 0 aliphatic carbocycles. The number of hydrogen-bond donors (Lipinski definition) is 2. The van der Waals surface area contributed by atoms with Gasteiger partial charge in [0, 0.05) is 43.5 Å². The first-order valence-corrected chi connectivity index (χ1v) is 9.01. The number of halogens is 1. The van der Waals surface area contributed by atoms with E-state index >= 15 is 0 Å². The number of aromatic nitrogens is 2. The Balaban J connectivity index is 1.61. The molecular weight excluding hydrogens is 354 g/mol. The number of nitrogens with one attached hydrogen (secondary N) is 2. The molecule has 1 aromatic carbocycles. The Morgan fingerprint density at radius 2 is 2.12 bits per heavy atom. The van der Waals surface area contributed by atoms with Gasteiger partial charge in [-0.15, -0.1) is 0 Å². The van der Waals surface area contributed by atoms with Crippen LogP contribution in [0.15, 0.2) is 24.4 Å². The summed E-state index contributed by atoms with van der Waals surface area (Å²) in [6.45, 7) is 7.30. The average molecular weight is 378 g/mol. The van der Waals surface area contributed by atoms with Crippen LogP contribution < -0.4 is 15.4 Å². The molecule has 2 aromatic rings. The highest BCUT2D eigenvalue weighted by molar-refractivity contribution is 6.31. The van der Waals surface area contributed by atoms with Crippen LogP contribution in [-0.4, -0.2) is 61.4 Å². The largest absolute Gasteiger partial charge is 0.495 e. The van der Waals surface area contributed by atoms with Crippen LogP contribution in [0.1, 0.15) is 5.56 Å². The summed E-state index contributed by atoms with van der Waals surface area (Å²) in [5, 5.41) is 7.20. The minimum Gasteiger partial charge on any atom is -0.495 e. The Kier molecular flexibility index (Phi) is 6.49. The first-order valence-electron chi connectivity index (χ1n) is 8.64. The Morgan fingerprint density at radius 1 is 1.31 bits per heavy atom. The molecule has 7 nitrogen and oxygen atoms in total. The van der Waals surface area contributed by atoms with Gasteiger partial charge in [0.25, 0.3) is 0 Å². The minimum atomic E-state index is 0.501. The Hall–Kier alpha value is -2.09. The van der Waals surface area contributed by atoms with Crippen LogP contribution in [0.4, 0.5) is 17.5 Å². The second-order valence-electron chi connectivity index (χ2n) is 6.07. The fourth-order valence-electron chi connectivity index (χ4n) is 2.73. The summed E-state index contributed by atoms with van der Waals surface area (Å²) in [4.78, 5) is 11.2. The molecule has 0 unspecified atom stereocenters. The zero-order chi connectivity index (χ0) is 18.4. The normalized spacial score (nSPS) is 14.9. The molecule has 1 aliphatic heterocycles. The molecular formula is C18H24ClN5O2. The van der Waals surface area contributed by atoms with Crippen LogP contribution in [0.5, 0.6) is 5.75 Å². The second-order valence-corrected chi connectivity index (χ2v) is 6.48. The molecule has 3 rings (SSSR count). The van der Waals surface area contributed by atoms with Gasteiger partial charge in [0.15, 0.2) is 0 Å². The molecule has 1 aromatic heterocycles. The Morgan fingerprint density at radius 3 is 2.88 bits per heavy atom. The standard InChI is InChI=1S/C18H24ClN5O2/c1-13-11-15(16(25-2)12-14(13)19)22-18-21-4-3-17(23-18)20-5-6-24-7-9-26-10-8-24/h3-4,11-12H,5-10H2,1-2H3,(H2,20,21,22,23). The highest BCUT2D eigenvalue weighted by Crippen LogP contribution is 2.32. The van der Waals surface area contributed by atoms with E-state index in [4.69, 9.17) is 21.1 Å². The fourth-order valence-corrected chi connectivity index (χ4v) is 2.89. The summed E-state index contributed by atoms with van der Waals surface area (Å²) in [5.41, 5.74) is 1.73. The summed E-state index contributed by atoms with van der Waals surface area (Å²) < 4.78 is 10.7. The zero-order valence-electron chi connectivity index (χ0n) is 15.1. The van der Waals surface area contributed by atoms with Crippen molar-refractivity contribution in [3.63, 3.8) is 0 Å². The predicted molar refractivity (Wildman–Crippen MR) is 104 cm³/mol. The fraction of sp³-hybridized carbons (Fsp3) is 0.444. The van der Waals surface area contributed by atoms with Gasteiger partial charge in [-0.2, -0.15) is 4.98 Å². The third kappa shape index (κ3) is 4.97. The lowest BCUT2D eigenvalue weighted by atomic mass is 10.2. The summed E-state index contributed by atoms with van der Waals surface area (Å²) in [6, 6.07) is 5.56. The van der Waals surface area contributed by atoms with Gasteiger partial charge in [-0.3, -0.25) is 4.90 Å². The molecule has 1 fully saturated rings. The lowest BCUT2D eigenvalue weighted by molar-refractivity contribution is 0.0398. The maximum atomic E-state index is 6.15.